The van der Waals surface area contributed by atoms with E-state index < -0.39 is 10.0 Å². The molecule has 4 fully saturated rings. The van der Waals surface area contributed by atoms with Crippen LogP contribution in [0.2, 0.25) is 0 Å². The quantitative estimate of drug-likeness (QED) is 0.807. The molecule has 2 saturated heterocycles. The van der Waals surface area contributed by atoms with Crippen molar-refractivity contribution in [2.75, 3.05) is 11.9 Å². The van der Waals surface area contributed by atoms with Gasteiger partial charge in [0.25, 0.3) is 0 Å². The summed E-state index contributed by atoms with van der Waals surface area (Å²) in [4.78, 5) is 12.9. The van der Waals surface area contributed by atoms with E-state index in [2.05, 4.69) is 5.32 Å². The summed E-state index contributed by atoms with van der Waals surface area (Å²) >= 11 is 0. The Kier molecular flexibility index (Phi) is 4.93. The van der Waals surface area contributed by atoms with Crippen molar-refractivity contribution in [3.05, 3.63) is 24.3 Å². The van der Waals surface area contributed by atoms with Crippen LogP contribution in [0.3, 0.4) is 0 Å². The summed E-state index contributed by atoms with van der Waals surface area (Å²) in [5, 5.41) is 2.76. The summed E-state index contributed by atoms with van der Waals surface area (Å²) in [5.74, 6) is 0.720. The van der Waals surface area contributed by atoms with Gasteiger partial charge in [-0.1, -0.05) is 0 Å². The molecule has 5 rings (SSSR count). The van der Waals surface area contributed by atoms with Gasteiger partial charge in [0.1, 0.15) is 5.75 Å². The maximum Gasteiger partial charge on any atom is 0.229 e. The number of nitrogens with one attached hydrogen (secondary N) is 1. The van der Waals surface area contributed by atoms with Crippen molar-refractivity contribution in [1.82, 2.24) is 4.31 Å². The van der Waals surface area contributed by atoms with Gasteiger partial charge in [0, 0.05) is 18.3 Å². The van der Waals surface area contributed by atoms with E-state index in [-0.39, 0.29) is 29.2 Å². The van der Waals surface area contributed by atoms with E-state index in [0.29, 0.717) is 18.2 Å². The van der Waals surface area contributed by atoms with Gasteiger partial charge in [0.2, 0.25) is 15.9 Å². The lowest BCUT2D eigenvalue weighted by Gasteiger charge is -2.48. The fraction of sp³-hybridized carbons (Fsp3) is 0.650. The fourth-order valence-electron chi connectivity index (χ4n) is 4.40. The van der Waals surface area contributed by atoms with Crippen LogP contribution < -0.4 is 10.1 Å². The number of sulfonamides is 1. The van der Waals surface area contributed by atoms with Crippen LogP contribution in [-0.4, -0.2) is 42.6 Å². The van der Waals surface area contributed by atoms with Gasteiger partial charge in [-0.15, -0.1) is 0 Å². The number of carbonyl (C=O) groups is 1. The summed E-state index contributed by atoms with van der Waals surface area (Å²) in [6, 6.07) is 7.15. The predicted molar refractivity (Wildman–Crippen MR) is 104 cm³/mol. The van der Waals surface area contributed by atoms with Crippen LogP contribution in [0.5, 0.6) is 5.75 Å². The fourth-order valence-corrected chi connectivity index (χ4v) is 6.56. The Morgan fingerprint density at radius 3 is 2.44 bits per heavy atom. The summed E-state index contributed by atoms with van der Waals surface area (Å²) in [7, 11) is -3.24. The van der Waals surface area contributed by atoms with Gasteiger partial charge in [0.15, 0.2) is 0 Å². The molecule has 2 aliphatic carbocycles. The largest absolute Gasteiger partial charge is 0.491 e. The zero-order valence-corrected chi connectivity index (χ0v) is 16.7. The SMILES string of the molecule is CC(C)Oc1ccc(NC(=O)[C@@H]2C[C@@H]3CC[C@H]2N(S(=O)(=O)C2CC2)C3)cc1. The van der Waals surface area contributed by atoms with Crippen molar-refractivity contribution < 1.29 is 17.9 Å². The highest BCUT2D eigenvalue weighted by Crippen LogP contribution is 2.44. The van der Waals surface area contributed by atoms with Crippen molar-refractivity contribution >= 4 is 21.6 Å². The van der Waals surface area contributed by atoms with Gasteiger partial charge >= 0.3 is 0 Å². The van der Waals surface area contributed by atoms with E-state index >= 15 is 0 Å². The normalized spacial score (nSPS) is 28.3. The molecule has 0 spiro atoms. The van der Waals surface area contributed by atoms with Gasteiger partial charge in [-0.2, -0.15) is 4.31 Å². The monoisotopic (exact) mass is 392 g/mol. The molecule has 1 N–H and O–H groups in total. The zero-order valence-electron chi connectivity index (χ0n) is 15.9. The molecule has 2 bridgehead atoms. The molecule has 1 aromatic rings. The van der Waals surface area contributed by atoms with Crippen molar-refractivity contribution in [3.8, 4) is 5.75 Å². The number of nitrogens with zero attached hydrogens (tertiary/aromatic N) is 1. The molecule has 27 heavy (non-hydrogen) atoms. The van der Waals surface area contributed by atoms with Gasteiger partial charge in [-0.25, -0.2) is 8.42 Å². The van der Waals surface area contributed by atoms with E-state index in [4.69, 9.17) is 4.74 Å². The molecule has 1 aromatic carbocycles. The average Bonchev–Trinajstić information content (AvgIpc) is 3.49. The highest BCUT2D eigenvalue weighted by atomic mass is 32.2. The first-order chi connectivity index (χ1) is 12.8. The number of carbonyl (C=O) groups excluding carboxylic acids is 1. The number of hydrogen-bond acceptors (Lipinski definition) is 4. The Morgan fingerprint density at radius 1 is 1.15 bits per heavy atom. The summed E-state index contributed by atoms with van der Waals surface area (Å²) in [6.07, 6.45) is 4.21. The van der Waals surface area contributed by atoms with Gasteiger partial charge in [-0.05, 0) is 76.1 Å². The Hall–Kier alpha value is -1.60. The topological polar surface area (TPSA) is 75.7 Å². The molecule has 6 nitrogen and oxygen atoms in total. The molecular weight excluding hydrogens is 364 g/mol. The van der Waals surface area contributed by atoms with E-state index in [9.17, 15) is 13.2 Å². The molecule has 148 valence electrons. The molecule has 3 atom stereocenters. The van der Waals surface area contributed by atoms with E-state index in [0.717, 1.165) is 37.9 Å². The van der Waals surface area contributed by atoms with E-state index in [1.54, 1.807) is 4.31 Å². The lowest BCUT2D eigenvalue weighted by atomic mass is 9.73. The molecule has 4 aliphatic rings. The van der Waals surface area contributed by atoms with E-state index in [1.807, 2.05) is 38.1 Å². The smallest absolute Gasteiger partial charge is 0.229 e. The van der Waals surface area contributed by atoms with Crippen LogP contribution in [0.25, 0.3) is 0 Å². The number of ether oxygens (including phenoxy) is 1. The summed E-state index contributed by atoms with van der Waals surface area (Å²) in [6.45, 7) is 4.53. The van der Waals surface area contributed by atoms with Crippen LogP contribution in [0.1, 0.15) is 46.0 Å². The number of rotatable bonds is 6. The van der Waals surface area contributed by atoms with Crippen molar-refractivity contribution in [2.24, 2.45) is 11.8 Å². The third-order valence-corrected chi connectivity index (χ3v) is 8.22. The molecule has 2 heterocycles. The van der Waals surface area contributed by atoms with Crippen LogP contribution in [0, 0.1) is 11.8 Å². The van der Waals surface area contributed by atoms with Gasteiger partial charge in [-0.3, -0.25) is 4.79 Å². The maximum atomic E-state index is 12.9. The minimum Gasteiger partial charge on any atom is -0.491 e. The average molecular weight is 393 g/mol. The summed E-state index contributed by atoms with van der Waals surface area (Å²) < 4.78 is 32.8. The Labute approximate surface area is 161 Å². The van der Waals surface area contributed by atoms with Crippen LogP contribution in [-0.2, 0) is 14.8 Å². The van der Waals surface area contributed by atoms with Crippen LogP contribution in [0.4, 0.5) is 5.69 Å². The third kappa shape index (κ3) is 3.85. The third-order valence-electron chi connectivity index (χ3n) is 5.83. The number of fused-ring (bicyclic) bond motifs is 3. The number of amides is 1. The Balaban J connectivity index is 1.45. The number of piperidine rings is 2. The molecule has 1 amide bonds. The number of anilines is 1. The van der Waals surface area contributed by atoms with Gasteiger partial charge in [0.05, 0.1) is 17.3 Å². The van der Waals surface area contributed by atoms with Crippen molar-refractivity contribution in [2.45, 2.75) is 63.3 Å². The Morgan fingerprint density at radius 2 is 1.85 bits per heavy atom. The Bertz CT molecular complexity index is 802. The second-order valence-electron chi connectivity index (χ2n) is 8.35. The highest BCUT2D eigenvalue weighted by molar-refractivity contribution is 7.90. The van der Waals surface area contributed by atoms with Crippen molar-refractivity contribution in [3.63, 3.8) is 0 Å². The lowest BCUT2D eigenvalue weighted by Crippen LogP contribution is -2.58. The number of benzene rings is 1. The molecule has 0 radical (unpaired) electrons. The van der Waals surface area contributed by atoms with Crippen LogP contribution in [0.15, 0.2) is 24.3 Å². The first kappa shape index (κ1) is 18.7. The molecule has 2 saturated carbocycles. The highest BCUT2D eigenvalue weighted by Gasteiger charge is 2.51. The molecule has 7 heteroatoms. The van der Waals surface area contributed by atoms with Crippen molar-refractivity contribution in [1.29, 1.82) is 0 Å². The second kappa shape index (κ2) is 7.09. The molecule has 0 aromatic heterocycles. The molecule has 0 unspecified atom stereocenters. The second-order valence-corrected chi connectivity index (χ2v) is 10.5. The summed E-state index contributed by atoms with van der Waals surface area (Å²) in [5.41, 5.74) is 0.717. The van der Waals surface area contributed by atoms with Crippen LogP contribution >= 0.6 is 0 Å². The first-order valence-corrected chi connectivity index (χ1v) is 11.4. The van der Waals surface area contributed by atoms with Gasteiger partial charge < -0.3 is 10.1 Å². The predicted octanol–water partition coefficient (Wildman–Crippen LogP) is 3.01. The number of hydrogen-bond donors (Lipinski definition) is 1. The minimum absolute atomic E-state index is 0.0714. The van der Waals surface area contributed by atoms with E-state index in [1.165, 1.54) is 0 Å². The molecule has 2 aliphatic heterocycles. The minimum atomic E-state index is -3.24. The lowest BCUT2D eigenvalue weighted by molar-refractivity contribution is -0.125. The standard InChI is InChI=1S/C20H28N2O4S/c1-13(2)26-16-6-4-15(5-7-16)21-20(23)18-11-14-3-10-19(18)22(12-14)27(24,25)17-8-9-17/h4-7,13-14,17-19H,3,8-12H2,1-2H3,(H,21,23)/t14-,18+,19+/m0/s1. The first-order valence-electron chi connectivity index (χ1n) is 9.93. The zero-order chi connectivity index (χ0) is 19.2. The molecular formula is C20H28N2O4S. The maximum absolute atomic E-state index is 12.9.